The van der Waals surface area contributed by atoms with Gasteiger partial charge in [-0.1, -0.05) is 18.2 Å². The average molecular weight is 476 g/mol. The lowest BCUT2D eigenvalue weighted by atomic mass is 9.12. The maximum absolute atomic E-state index is 13.1. The van der Waals surface area contributed by atoms with Gasteiger partial charge in [0.25, 0.3) is 5.91 Å². The Bertz CT molecular complexity index is 1320. The third-order valence-electron chi connectivity index (χ3n) is 9.38. The zero-order chi connectivity index (χ0) is 24.0. The number of alkyl halides is 3. The Labute approximate surface area is 201 Å². The Hall–Kier alpha value is -3.35. The van der Waals surface area contributed by atoms with E-state index in [1.807, 2.05) is 12.1 Å². The number of benzene rings is 2. The third kappa shape index (κ3) is 2.69. The lowest BCUT2D eigenvalue weighted by Gasteiger charge is -2.91. The van der Waals surface area contributed by atoms with Gasteiger partial charge >= 0.3 is 6.18 Å². The fourth-order valence-electron chi connectivity index (χ4n) is 8.09. The first-order valence-electron chi connectivity index (χ1n) is 12.1. The second-order valence-corrected chi connectivity index (χ2v) is 10.6. The van der Waals surface area contributed by atoms with Gasteiger partial charge in [0, 0.05) is 23.0 Å². The topological polar surface area (TPSA) is 54.0 Å². The first-order valence-corrected chi connectivity index (χ1v) is 12.1. The zero-order valence-electron chi connectivity index (χ0n) is 18.9. The smallest absolute Gasteiger partial charge is 0.340 e. The molecule has 4 nitrogen and oxygen atoms in total. The molecule has 4 saturated carbocycles. The van der Waals surface area contributed by atoms with Crippen LogP contribution < -0.4 is 10.6 Å². The van der Waals surface area contributed by atoms with Crippen LogP contribution in [0.15, 0.2) is 66.9 Å². The number of pyridine rings is 1. The van der Waals surface area contributed by atoms with Gasteiger partial charge in [-0.3, -0.25) is 4.79 Å². The fourth-order valence-corrected chi connectivity index (χ4v) is 8.09. The summed E-state index contributed by atoms with van der Waals surface area (Å²) in [5.41, 5.74) is 2.76. The molecule has 0 bridgehead atoms. The summed E-state index contributed by atoms with van der Waals surface area (Å²) in [4.78, 5) is 17.2. The molecule has 3 aromatic rings. The van der Waals surface area contributed by atoms with Gasteiger partial charge in [0.15, 0.2) is 0 Å². The molecule has 0 radical (unpaired) electrons. The minimum atomic E-state index is -4.45. The Morgan fingerprint density at radius 3 is 2.31 bits per heavy atom. The molecule has 2 unspecified atom stereocenters. The van der Waals surface area contributed by atoms with Gasteiger partial charge < -0.3 is 10.6 Å². The van der Waals surface area contributed by atoms with Crippen molar-refractivity contribution in [3.8, 4) is 0 Å². The molecule has 7 heteroatoms. The Morgan fingerprint density at radius 2 is 1.66 bits per heavy atom. The van der Waals surface area contributed by atoms with Crippen molar-refractivity contribution in [3.05, 3.63) is 83.6 Å². The van der Waals surface area contributed by atoms with E-state index in [4.69, 9.17) is 0 Å². The monoisotopic (exact) mass is 475 g/mol. The average Bonchev–Trinajstić information content (AvgIpc) is 2.78. The van der Waals surface area contributed by atoms with Gasteiger partial charge in [-0.05, 0) is 96.9 Å². The minimum Gasteiger partial charge on any atom is -0.340 e. The van der Waals surface area contributed by atoms with Gasteiger partial charge in [-0.2, -0.15) is 13.2 Å². The van der Waals surface area contributed by atoms with E-state index in [1.165, 1.54) is 49.6 Å². The van der Waals surface area contributed by atoms with Crippen LogP contribution in [0.1, 0.15) is 47.2 Å². The molecule has 4 fully saturated rings. The molecule has 1 amide bonds. The van der Waals surface area contributed by atoms with Crippen molar-refractivity contribution in [2.75, 3.05) is 10.6 Å². The largest absolute Gasteiger partial charge is 0.416 e. The lowest BCUT2D eigenvalue weighted by molar-refractivity contribution is -0.395. The maximum atomic E-state index is 13.1. The number of anilines is 3. The number of amides is 1. The molecule has 178 valence electrons. The number of rotatable bonds is 5. The molecule has 1 aromatic heterocycles. The summed E-state index contributed by atoms with van der Waals surface area (Å²) in [6.45, 7) is 0. The Morgan fingerprint density at radius 1 is 0.914 bits per heavy atom. The Kier molecular flexibility index (Phi) is 4.11. The van der Waals surface area contributed by atoms with Gasteiger partial charge in [0.2, 0.25) is 0 Å². The summed E-state index contributed by atoms with van der Waals surface area (Å²) < 4.78 is 39.2. The summed E-state index contributed by atoms with van der Waals surface area (Å²) in [7, 11) is 0. The molecule has 35 heavy (non-hydrogen) atoms. The highest BCUT2D eigenvalue weighted by Gasteiger charge is 2.87. The number of nitrogens with one attached hydrogen (secondary N) is 2. The number of hydrogen-bond donors (Lipinski definition) is 2. The van der Waals surface area contributed by atoms with E-state index in [1.54, 1.807) is 12.1 Å². The van der Waals surface area contributed by atoms with E-state index in [0.29, 0.717) is 16.5 Å². The van der Waals surface area contributed by atoms with Crippen LogP contribution in [0.5, 0.6) is 0 Å². The van der Waals surface area contributed by atoms with Crippen molar-refractivity contribution in [2.24, 2.45) is 23.2 Å². The molecule has 0 saturated heterocycles. The van der Waals surface area contributed by atoms with Crippen LogP contribution in [0.25, 0.3) is 0 Å². The molecule has 7 rings (SSSR count). The standard InChI is InChI=1S/C28H24F3N3O/c29-28(30,31)17-3-1-4-22(13-17)33-24-23(5-2-10-32-24)25(35)34-21-8-6-16(7-9-21)26-14-19-11-18-12-20(15-26)27(18,19)26/h1-10,13,18-20H,11-12,14-15H2,(H,32,33)(H,34,35). The summed E-state index contributed by atoms with van der Waals surface area (Å²) >= 11 is 0. The van der Waals surface area contributed by atoms with Gasteiger partial charge in [0.05, 0.1) is 11.1 Å². The summed E-state index contributed by atoms with van der Waals surface area (Å²) in [6, 6.07) is 16.3. The van der Waals surface area contributed by atoms with E-state index in [-0.39, 0.29) is 23.0 Å². The fraction of sp³-hybridized carbons (Fsp3) is 0.357. The van der Waals surface area contributed by atoms with Crippen LogP contribution in [0.3, 0.4) is 0 Å². The summed E-state index contributed by atoms with van der Waals surface area (Å²) in [5, 5.41) is 5.77. The van der Waals surface area contributed by atoms with Crippen molar-refractivity contribution >= 4 is 23.1 Å². The first-order chi connectivity index (χ1) is 16.8. The summed E-state index contributed by atoms with van der Waals surface area (Å²) in [5.74, 6) is 2.64. The third-order valence-corrected chi connectivity index (χ3v) is 9.38. The quantitative estimate of drug-likeness (QED) is 0.428. The molecule has 2 N–H and O–H groups in total. The van der Waals surface area contributed by atoms with Crippen molar-refractivity contribution in [1.29, 1.82) is 0 Å². The SMILES string of the molecule is O=C(Nc1ccc(C23CC4CC5CC(C2)C543)cc1)c1cccnc1Nc1cccc(C(F)(F)F)c1. The predicted molar refractivity (Wildman–Crippen MR) is 126 cm³/mol. The van der Waals surface area contributed by atoms with Crippen LogP contribution in [-0.2, 0) is 11.6 Å². The second kappa shape index (κ2) is 6.86. The normalized spacial score (nSPS) is 31.5. The number of halogens is 3. The summed E-state index contributed by atoms with van der Waals surface area (Å²) in [6.07, 6.45) is 2.51. The molecule has 0 aliphatic heterocycles. The number of carbonyl (C=O) groups excluding carboxylic acids is 1. The van der Waals surface area contributed by atoms with E-state index in [9.17, 15) is 18.0 Å². The van der Waals surface area contributed by atoms with Crippen LogP contribution >= 0.6 is 0 Å². The van der Waals surface area contributed by atoms with Crippen LogP contribution in [-0.4, -0.2) is 10.9 Å². The number of aromatic nitrogens is 1. The van der Waals surface area contributed by atoms with Crippen molar-refractivity contribution in [1.82, 2.24) is 4.98 Å². The van der Waals surface area contributed by atoms with Crippen molar-refractivity contribution in [3.63, 3.8) is 0 Å². The van der Waals surface area contributed by atoms with Crippen LogP contribution in [0, 0.1) is 23.2 Å². The number of carbonyl (C=O) groups is 1. The predicted octanol–water partition coefficient (Wildman–Crippen LogP) is 6.78. The molecule has 1 spiro atoms. The maximum Gasteiger partial charge on any atom is 0.416 e. The van der Waals surface area contributed by atoms with E-state index in [2.05, 4.69) is 27.8 Å². The zero-order valence-corrected chi connectivity index (χ0v) is 18.9. The molecule has 4 aliphatic carbocycles. The van der Waals surface area contributed by atoms with Gasteiger partial charge in [-0.25, -0.2) is 4.98 Å². The highest BCUT2D eigenvalue weighted by molar-refractivity contribution is 6.07. The van der Waals surface area contributed by atoms with E-state index < -0.39 is 11.7 Å². The van der Waals surface area contributed by atoms with Crippen molar-refractivity contribution in [2.45, 2.75) is 37.3 Å². The first kappa shape index (κ1) is 21.0. The minimum absolute atomic E-state index is 0.195. The lowest BCUT2D eigenvalue weighted by Crippen LogP contribution is -2.87. The van der Waals surface area contributed by atoms with Gasteiger partial charge in [0.1, 0.15) is 5.82 Å². The highest BCUT2D eigenvalue weighted by atomic mass is 19.4. The van der Waals surface area contributed by atoms with Crippen LogP contribution in [0.4, 0.5) is 30.4 Å². The highest BCUT2D eigenvalue weighted by Crippen LogP contribution is 2.92. The Balaban J connectivity index is 1.08. The molecular weight excluding hydrogens is 451 g/mol. The number of nitrogens with zero attached hydrogens (tertiary/aromatic N) is 1. The van der Waals surface area contributed by atoms with Crippen LogP contribution in [0.2, 0.25) is 0 Å². The molecule has 4 aliphatic rings. The molecule has 1 heterocycles. The van der Waals surface area contributed by atoms with E-state index in [0.717, 1.165) is 29.9 Å². The van der Waals surface area contributed by atoms with E-state index >= 15 is 0 Å². The number of hydrogen-bond acceptors (Lipinski definition) is 3. The second-order valence-electron chi connectivity index (χ2n) is 10.6. The molecule has 2 aromatic carbocycles. The van der Waals surface area contributed by atoms with Gasteiger partial charge in [-0.15, -0.1) is 0 Å². The molecule has 2 atom stereocenters. The van der Waals surface area contributed by atoms with Crippen molar-refractivity contribution < 1.29 is 18.0 Å². The molecular formula is C28H24F3N3O.